The van der Waals surface area contributed by atoms with Gasteiger partial charge in [-0.15, -0.1) is 0 Å². The van der Waals surface area contributed by atoms with Crippen molar-refractivity contribution in [2.24, 2.45) is 0 Å². The minimum atomic E-state index is -1.08. The molecule has 0 saturated carbocycles. The van der Waals surface area contributed by atoms with Gasteiger partial charge in [0.05, 0.1) is 11.8 Å². The number of aliphatic hydroxyl groups is 2. The van der Waals surface area contributed by atoms with Crippen LogP contribution in [0, 0.1) is 0 Å². The van der Waals surface area contributed by atoms with Crippen molar-refractivity contribution in [2.45, 2.75) is 25.6 Å². The molecule has 0 radical (unpaired) electrons. The van der Waals surface area contributed by atoms with Crippen LogP contribution in [0.1, 0.15) is 35.5 Å². The van der Waals surface area contributed by atoms with Crippen LogP contribution in [0.5, 0.6) is 0 Å². The van der Waals surface area contributed by atoms with Crippen LogP contribution >= 0.6 is 0 Å². The minimum absolute atomic E-state index is 0.184. The topological polar surface area (TPSA) is 102 Å². The summed E-state index contributed by atoms with van der Waals surface area (Å²) in [6, 6.07) is 1.47. The molecule has 17 heavy (non-hydrogen) atoms. The molecule has 1 rings (SSSR count). The van der Waals surface area contributed by atoms with E-state index in [0.29, 0.717) is 24.1 Å². The number of nitrogens with one attached hydrogen (secondary N) is 2. The van der Waals surface area contributed by atoms with Crippen molar-refractivity contribution in [2.75, 3.05) is 6.54 Å². The molecule has 1 heterocycles. The average molecular weight is 240 g/mol. The van der Waals surface area contributed by atoms with Gasteiger partial charge >= 0.3 is 0 Å². The highest BCUT2D eigenvalue weighted by atomic mass is 16.3. The summed E-state index contributed by atoms with van der Waals surface area (Å²) in [6.45, 7) is 1.67. The van der Waals surface area contributed by atoms with Crippen molar-refractivity contribution < 1.29 is 19.8 Å². The molecular formula is C11H16N2O4. The molecule has 94 valence electrons. The zero-order chi connectivity index (χ0) is 12.8. The van der Waals surface area contributed by atoms with Gasteiger partial charge in [-0.25, -0.2) is 0 Å². The predicted octanol–water partition coefficient (Wildman–Crippen LogP) is -0.252. The molecule has 0 bridgehead atoms. The number of carbonyl (C=O) groups excluding carboxylic acids is 2. The summed E-state index contributed by atoms with van der Waals surface area (Å²) in [4.78, 5) is 23.7. The SMILES string of the molecule is CC(=O)NCCC(O)C(O)c1c[nH]c(C=O)c1. The van der Waals surface area contributed by atoms with E-state index in [4.69, 9.17) is 0 Å². The third-order valence-electron chi connectivity index (χ3n) is 2.37. The van der Waals surface area contributed by atoms with Crippen molar-refractivity contribution in [3.8, 4) is 0 Å². The number of hydrogen-bond donors (Lipinski definition) is 4. The van der Waals surface area contributed by atoms with E-state index in [1.165, 1.54) is 19.2 Å². The Balaban J connectivity index is 2.48. The maximum atomic E-state index is 10.6. The van der Waals surface area contributed by atoms with E-state index < -0.39 is 12.2 Å². The monoisotopic (exact) mass is 240 g/mol. The molecule has 0 fully saturated rings. The third kappa shape index (κ3) is 4.01. The highest BCUT2D eigenvalue weighted by molar-refractivity contribution is 5.72. The summed E-state index contributed by atoms with van der Waals surface area (Å²) < 4.78 is 0. The number of hydrogen-bond acceptors (Lipinski definition) is 4. The Morgan fingerprint density at radius 3 is 2.82 bits per heavy atom. The highest BCUT2D eigenvalue weighted by Crippen LogP contribution is 2.19. The van der Waals surface area contributed by atoms with Crippen molar-refractivity contribution in [1.29, 1.82) is 0 Å². The molecule has 0 aromatic carbocycles. The highest BCUT2D eigenvalue weighted by Gasteiger charge is 2.19. The van der Waals surface area contributed by atoms with Gasteiger partial charge in [0.2, 0.25) is 5.91 Å². The number of carbonyl (C=O) groups is 2. The van der Waals surface area contributed by atoms with Gasteiger partial charge in [-0.2, -0.15) is 0 Å². The Morgan fingerprint density at radius 1 is 1.59 bits per heavy atom. The number of aromatic nitrogens is 1. The average Bonchev–Trinajstić information content (AvgIpc) is 2.75. The van der Waals surface area contributed by atoms with Gasteiger partial charge in [0.1, 0.15) is 6.10 Å². The molecule has 0 saturated heterocycles. The fraction of sp³-hybridized carbons (Fsp3) is 0.455. The summed E-state index contributed by atoms with van der Waals surface area (Å²) in [5, 5.41) is 22.0. The fourth-order valence-corrected chi connectivity index (χ4v) is 1.44. The molecule has 0 spiro atoms. The maximum Gasteiger partial charge on any atom is 0.216 e. The Hall–Kier alpha value is -1.66. The van der Waals surface area contributed by atoms with Crippen LogP contribution in [0.4, 0.5) is 0 Å². The van der Waals surface area contributed by atoms with Crippen LogP contribution in [0.3, 0.4) is 0 Å². The predicted molar refractivity (Wildman–Crippen MR) is 60.4 cm³/mol. The summed E-state index contributed by atoms with van der Waals surface area (Å²) in [5.74, 6) is -0.184. The summed E-state index contributed by atoms with van der Waals surface area (Å²) >= 11 is 0. The first-order valence-electron chi connectivity index (χ1n) is 5.28. The number of amides is 1. The van der Waals surface area contributed by atoms with E-state index in [1.54, 1.807) is 0 Å². The van der Waals surface area contributed by atoms with Crippen molar-refractivity contribution >= 4 is 12.2 Å². The zero-order valence-corrected chi connectivity index (χ0v) is 9.51. The van der Waals surface area contributed by atoms with Crippen LogP contribution in [-0.4, -0.2) is 40.0 Å². The molecule has 6 heteroatoms. The van der Waals surface area contributed by atoms with Crippen LogP contribution in [-0.2, 0) is 4.79 Å². The molecule has 1 aromatic rings. The lowest BCUT2D eigenvalue weighted by atomic mass is 10.0. The van der Waals surface area contributed by atoms with E-state index in [0.717, 1.165) is 0 Å². The Labute approximate surface area is 98.7 Å². The summed E-state index contributed by atoms with van der Waals surface area (Å²) in [7, 11) is 0. The number of aromatic amines is 1. The second kappa shape index (κ2) is 6.17. The summed E-state index contributed by atoms with van der Waals surface area (Å²) in [6.07, 6.45) is 0.268. The standard InChI is InChI=1S/C11H16N2O4/c1-7(15)12-3-2-10(16)11(17)8-4-9(6-14)13-5-8/h4-6,10-11,13,16-17H,2-3H2,1H3,(H,12,15). The van der Waals surface area contributed by atoms with Gasteiger partial charge in [-0.1, -0.05) is 0 Å². The van der Waals surface area contributed by atoms with E-state index in [9.17, 15) is 19.8 Å². The first kappa shape index (κ1) is 13.4. The van der Waals surface area contributed by atoms with E-state index >= 15 is 0 Å². The number of aliphatic hydroxyl groups excluding tert-OH is 2. The molecule has 0 aliphatic heterocycles. The van der Waals surface area contributed by atoms with Gasteiger partial charge < -0.3 is 20.5 Å². The zero-order valence-electron chi connectivity index (χ0n) is 9.51. The Kier molecular flexibility index (Phi) is 4.86. The second-order valence-corrected chi connectivity index (χ2v) is 3.79. The van der Waals surface area contributed by atoms with Gasteiger partial charge in [0, 0.05) is 25.2 Å². The van der Waals surface area contributed by atoms with Crippen LogP contribution < -0.4 is 5.32 Å². The van der Waals surface area contributed by atoms with Crippen LogP contribution in [0.15, 0.2) is 12.3 Å². The molecule has 0 aliphatic carbocycles. The molecule has 4 N–H and O–H groups in total. The van der Waals surface area contributed by atoms with Gasteiger partial charge in [-0.05, 0) is 12.5 Å². The Bertz CT molecular complexity index is 389. The van der Waals surface area contributed by atoms with Crippen molar-refractivity contribution in [3.63, 3.8) is 0 Å². The maximum absolute atomic E-state index is 10.6. The molecule has 0 aliphatic rings. The molecule has 2 atom stereocenters. The quantitative estimate of drug-likeness (QED) is 0.515. The molecule has 1 amide bonds. The van der Waals surface area contributed by atoms with Gasteiger partial charge in [0.25, 0.3) is 0 Å². The lowest BCUT2D eigenvalue weighted by molar-refractivity contribution is -0.119. The Morgan fingerprint density at radius 2 is 2.29 bits per heavy atom. The lowest BCUT2D eigenvalue weighted by Gasteiger charge is -2.16. The van der Waals surface area contributed by atoms with Gasteiger partial charge in [-0.3, -0.25) is 9.59 Å². The summed E-state index contributed by atoms with van der Waals surface area (Å²) in [5.41, 5.74) is 0.788. The largest absolute Gasteiger partial charge is 0.390 e. The molecule has 6 nitrogen and oxygen atoms in total. The van der Waals surface area contributed by atoms with Crippen molar-refractivity contribution in [3.05, 3.63) is 23.5 Å². The van der Waals surface area contributed by atoms with Crippen LogP contribution in [0.2, 0.25) is 0 Å². The fourth-order valence-electron chi connectivity index (χ4n) is 1.44. The lowest BCUT2D eigenvalue weighted by Crippen LogP contribution is -2.27. The normalized spacial score (nSPS) is 14.1. The van der Waals surface area contributed by atoms with E-state index in [1.807, 2.05) is 0 Å². The van der Waals surface area contributed by atoms with Crippen LogP contribution in [0.25, 0.3) is 0 Å². The van der Waals surface area contributed by atoms with Gasteiger partial charge in [0.15, 0.2) is 6.29 Å². The minimum Gasteiger partial charge on any atom is -0.390 e. The second-order valence-electron chi connectivity index (χ2n) is 3.79. The first-order chi connectivity index (χ1) is 8.04. The first-order valence-corrected chi connectivity index (χ1v) is 5.28. The smallest absolute Gasteiger partial charge is 0.216 e. The number of rotatable bonds is 6. The van der Waals surface area contributed by atoms with E-state index in [-0.39, 0.29) is 12.3 Å². The van der Waals surface area contributed by atoms with Crippen molar-refractivity contribution in [1.82, 2.24) is 10.3 Å². The van der Waals surface area contributed by atoms with E-state index in [2.05, 4.69) is 10.3 Å². The molecule has 1 aromatic heterocycles. The third-order valence-corrected chi connectivity index (χ3v) is 2.37. The number of H-pyrrole nitrogens is 1. The molecule has 2 unspecified atom stereocenters. The number of aldehydes is 1. The molecular weight excluding hydrogens is 224 g/mol.